The van der Waals surface area contributed by atoms with E-state index in [1.54, 1.807) is 31.6 Å². The molecule has 0 saturated carbocycles. The molecule has 0 aliphatic heterocycles. The zero-order valence-corrected chi connectivity index (χ0v) is 13.6. The van der Waals surface area contributed by atoms with Crippen LogP contribution >= 0.6 is 0 Å². The zero-order chi connectivity index (χ0) is 17.4. The first kappa shape index (κ1) is 15.2. The van der Waals surface area contributed by atoms with Gasteiger partial charge in [0.1, 0.15) is 0 Å². The summed E-state index contributed by atoms with van der Waals surface area (Å²) in [7, 11) is 1.67. The quantitative estimate of drug-likeness (QED) is 0.596. The van der Waals surface area contributed by atoms with Crippen LogP contribution in [-0.4, -0.2) is 27.0 Å². The summed E-state index contributed by atoms with van der Waals surface area (Å²) < 4.78 is 6.58. The molecule has 1 amide bonds. The lowest BCUT2D eigenvalue weighted by Crippen LogP contribution is -2.25. The van der Waals surface area contributed by atoms with E-state index in [0.717, 1.165) is 22.1 Å². The Morgan fingerprint density at radius 3 is 3.04 bits per heavy atom. The fourth-order valence-electron chi connectivity index (χ4n) is 2.83. The molecule has 2 heterocycles. The monoisotopic (exact) mass is 336 g/mol. The van der Waals surface area contributed by atoms with Gasteiger partial charge in [-0.05, 0) is 42.3 Å². The number of carbonyl (C=O) groups excluding carboxylic acids is 1. The van der Waals surface area contributed by atoms with Gasteiger partial charge in [-0.1, -0.05) is 6.07 Å². The predicted octanol–water partition coefficient (Wildman–Crippen LogP) is 1.98. The molecule has 0 saturated heterocycles. The van der Waals surface area contributed by atoms with Crippen LogP contribution in [-0.2, 0) is 13.5 Å². The maximum absolute atomic E-state index is 12.3. The molecule has 7 heteroatoms. The maximum atomic E-state index is 12.3. The van der Waals surface area contributed by atoms with Gasteiger partial charge in [-0.15, -0.1) is 0 Å². The van der Waals surface area contributed by atoms with Crippen LogP contribution in [0.4, 0.5) is 0 Å². The van der Waals surface area contributed by atoms with Crippen LogP contribution in [0.3, 0.4) is 0 Å². The van der Waals surface area contributed by atoms with Crippen LogP contribution < -0.4 is 11.1 Å². The number of aryl methyl sites for hydroxylation is 1. The van der Waals surface area contributed by atoms with E-state index in [-0.39, 0.29) is 11.7 Å². The summed E-state index contributed by atoms with van der Waals surface area (Å²) in [5, 5.41) is 2.91. The predicted molar refractivity (Wildman–Crippen MR) is 93.6 cm³/mol. The molecule has 0 bridgehead atoms. The number of hydrogen-bond acceptors (Lipinski definition) is 4. The summed E-state index contributed by atoms with van der Waals surface area (Å²) in [5.41, 5.74) is 4.58. The number of nitrogens with zero attached hydrogens (tertiary/aromatic N) is 2. The van der Waals surface area contributed by atoms with Crippen molar-refractivity contribution in [1.82, 2.24) is 19.9 Å². The Labute approximate surface area is 142 Å². The van der Waals surface area contributed by atoms with Gasteiger partial charge in [0.05, 0.1) is 22.9 Å². The second-order valence-electron chi connectivity index (χ2n) is 5.87. The zero-order valence-electron chi connectivity index (χ0n) is 13.6. The van der Waals surface area contributed by atoms with Crippen LogP contribution in [0.25, 0.3) is 22.1 Å². The van der Waals surface area contributed by atoms with Crippen molar-refractivity contribution in [1.29, 1.82) is 0 Å². The molecule has 0 aliphatic carbocycles. The average Bonchev–Trinajstić information content (AvgIpc) is 3.19. The smallest absolute Gasteiger partial charge is 0.408 e. The van der Waals surface area contributed by atoms with E-state index >= 15 is 0 Å². The van der Waals surface area contributed by atoms with E-state index in [9.17, 15) is 9.59 Å². The van der Waals surface area contributed by atoms with Crippen molar-refractivity contribution < 1.29 is 9.21 Å². The maximum Gasteiger partial charge on any atom is 0.419 e. The minimum Gasteiger partial charge on any atom is -0.408 e. The number of nitrogens with one attached hydrogen (secondary N) is 2. The summed E-state index contributed by atoms with van der Waals surface area (Å²) in [6, 6.07) is 10.9. The van der Waals surface area contributed by atoms with Crippen LogP contribution in [0.2, 0.25) is 0 Å². The number of rotatable bonds is 4. The van der Waals surface area contributed by atoms with E-state index in [0.29, 0.717) is 24.1 Å². The largest absolute Gasteiger partial charge is 0.419 e. The van der Waals surface area contributed by atoms with E-state index < -0.39 is 0 Å². The van der Waals surface area contributed by atoms with Crippen molar-refractivity contribution >= 4 is 28.0 Å². The second-order valence-corrected chi connectivity index (χ2v) is 5.87. The number of aromatic nitrogens is 3. The van der Waals surface area contributed by atoms with Gasteiger partial charge < -0.3 is 14.7 Å². The van der Waals surface area contributed by atoms with Crippen molar-refractivity contribution in [3.8, 4) is 0 Å². The van der Waals surface area contributed by atoms with Gasteiger partial charge in [0, 0.05) is 19.2 Å². The highest BCUT2D eigenvalue weighted by Crippen LogP contribution is 2.15. The average molecular weight is 336 g/mol. The molecule has 126 valence electrons. The lowest BCUT2D eigenvalue weighted by molar-refractivity contribution is 0.0954. The Morgan fingerprint density at radius 1 is 1.28 bits per heavy atom. The molecule has 2 aromatic carbocycles. The molecule has 0 aliphatic rings. The molecular weight excluding hydrogens is 320 g/mol. The summed E-state index contributed by atoms with van der Waals surface area (Å²) in [6.45, 7) is 0.497. The number of aromatic amines is 1. The molecule has 25 heavy (non-hydrogen) atoms. The minimum absolute atomic E-state index is 0.131. The highest BCUT2D eigenvalue weighted by Gasteiger charge is 2.09. The molecule has 4 aromatic rings. The van der Waals surface area contributed by atoms with E-state index in [2.05, 4.69) is 15.3 Å². The second kappa shape index (κ2) is 5.94. The number of H-pyrrole nitrogens is 1. The number of oxazole rings is 1. The summed E-state index contributed by atoms with van der Waals surface area (Å²) in [4.78, 5) is 30.9. The highest BCUT2D eigenvalue weighted by atomic mass is 16.4. The normalized spacial score (nSPS) is 11.2. The van der Waals surface area contributed by atoms with Gasteiger partial charge in [-0.2, -0.15) is 0 Å². The van der Waals surface area contributed by atoms with Crippen molar-refractivity contribution in [2.24, 2.45) is 7.05 Å². The van der Waals surface area contributed by atoms with Crippen LogP contribution in [0.5, 0.6) is 0 Å². The molecule has 2 N–H and O–H groups in total. The molecule has 0 atom stereocenters. The van der Waals surface area contributed by atoms with Crippen molar-refractivity contribution in [2.45, 2.75) is 6.42 Å². The van der Waals surface area contributed by atoms with Crippen molar-refractivity contribution in [3.63, 3.8) is 0 Å². The first-order valence-electron chi connectivity index (χ1n) is 7.91. The standard InChI is InChI=1S/C18H16N4O3/c1-22-15-8-11(2-5-16(15)25-18(22)24)6-7-19-17(23)12-3-4-13-14(9-12)21-10-20-13/h2-5,8-10H,6-7H2,1H3,(H,19,23)(H,20,21). The van der Waals surface area contributed by atoms with Crippen molar-refractivity contribution in [3.05, 3.63) is 64.4 Å². The SMILES string of the molecule is Cn1c(=O)oc2ccc(CCNC(=O)c3ccc4nc[nH]c4c3)cc21. The van der Waals surface area contributed by atoms with Crippen molar-refractivity contribution in [2.75, 3.05) is 6.54 Å². The lowest BCUT2D eigenvalue weighted by atomic mass is 10.1. The number of fused-ring (bicyclic) bond motifs is 2. The van der Waals surface area contributed by atoms with Gasteiger partial charge in [-0.25, -0.2) is 9.78 Å². The van der Waals surface area contributed by atoms with E-state index in [1.807, 2.05) is 18.2 Å². The van der Waals surface area contributed by atoms with Gasteiger partial charge in [0.15, 0.2) is 5.58 Å². The van der Waals surface area contributed by atoms with Gasteiger partial charge in [-0.3, -0.25) is 9.36 Å². The number of benzene rings is 2. The first-order valence-corrected chi connectivity index (χ1v) is 7.91. The van der Waals surface area contributed by atoms with E-state index in [1.165, 1.54) is 4.57 Å². The third-order valence-electron chi connectivity index (χ3n) is 4.24. The molecule has 4 rings (SSSR count). The number of hydrogen-bond donors (Lipinski definition) is 2. The van der Waals surface area contributed by atoms with Gasteiger partial charge in [0.25, 0.3) is 5.91 Å². The molecule has 7 nitrogen and oxygen atoms in total. The molecule has 0 unspecified atom stereocenters. The molecule has 0 fully saturated rings. The first-order chi connectivity index (χ1) is 12.1. The van der Waals surface area contributed by atoms with Crippen LogP contribution in [0.15, 0.2) is 51.9 Å². The topological polar surface area (TPSA) is 92.9 Å². The lowest BCUT2D eigenvalue weighted by Gasteiger charge is -2.06. The summed E-state index contributed by atoms with van der Waals surface area (Å²) >= 11 is 0. The van der Waals surface area contributed by atoms with E-state index in [4.69, 9.17) is 4.42 Å². The van der Waals surface area contributed by atoms with Gasteiger partial charge in [0.2, 0.25) is 0 Å². The Balaban J connectivity index is 1.43. The molecule has 0 spiro atoms. The molecular formula is C18H16N4O3. The third-order valence-corrected chi connectivity index (χ3v) is 4.24. The Bertz CT molecular complexity index is 1140. The number of imidazole rings is 1. The molecule has 2 aromatic heterocycles. The fourth-order valence-corrected chi connectivity index (χ4v) is 2.83. The summed E-state index contributed by atoms with van der Waals surface area (Å²) in [5.74, 6) is -0.511. The number of amides is 1. The van der Waals surface area contributed by atoms with Crippen LogP contribution in [0.1, 0.15) is 15.9 Å². The minimum atomic E-state index is -0.380. The third kappa shape index (κ3) is 2.80. The Kier molecular flexibility index (Phi) is 3.61. The highest BCUT2D eigenvalue weighted by molar-refractivity contribution is 5.97. The van der Waals surface area contributed by atoms with Crippen LogP contribution in [0, 0.1) is 0 Å². The molecule has 0 radical (unpaired) electrons. The Hall–Kier alpha value is -3.35. The number of carbonyl (C=O) groups is 1. The summed E-state index contributed by atoms with van der Waals surface area (Å²) in [6.07, 6.45) is 2.26. The Morgan fingerprint density at radius 2 is 2.16 bits per heavy atom. The fraction of sp³-hybridized carbons (Fsp3) is 0.167. The van der Waals surface area contributed by atoms with Gasteiger partial charge >= 0.3 is 5.76 Å².